The van der Waals surface area contributed by atoms with E-state index in [4.69, 9.17) is 34.2 Å². The molecule has 0 saturated heterocycles. The predicted molar refractivity (Wildman–Crippen MR) is 250 cm³/mol. The molecule has 2 atom stereocenters. The fraction of sp³-hybridized carbons (Fsp3) is 0.347. The van der Waals surface area contributed by atoms with Gasteiger partial charge >= 0.3 is 11.9 Å². The van der Waals surface area contributed by atoms with Crippen LogP contribution in [0, 0.1) is 0 Å². The van der Waals surface area contributed by atoms with Crippen LogP contribution in [0.15, 0.2) is 127 Å². The topological polar surface area (TPSA) is 162 Å². The van der Waals surface area contributed by atoms with Gasteiger partial charge in [-0.1, -0.05) is 78.9 Å². The van der Waals surface area contributed by atoms with Gasteiger partial charge in [-0.15, -0.1) is 12.4 Å². The van der Waals surface area contributed by atoms with Gasteiger partial charge in [-0.3, -0.25) is 4.72 Å². The number of nitrogens with one attached hydrogen (secondary N) is 1. The van der Waals surface area contributed by atoms with Crippen molar-refractivity contribution in [2.45, 2.75) is 71.3 Å². The van der Waals surface area contributed by atoms with Crippen LogP contribution in [0.1, 0.15) is 55.5 Å². The van der Waals surface area contributed by atoms with Crippen LogP contribution in [-0.2, 0) is 70.0 Å². The Hall–Kier alpha value is -5.60. The summed E-state index contributed by atoms with van der Waals surface area (Å²) in [5.41, 5.74) is 11.9. The highest BCUT2D eigenvalue weighted by atomic mass is 35.5. The van der Waals surface area contributed by atoms with Crippen molar-refractivity contribution in [2.24, 2.45) is 0 Å². The number of anilines is 2. The van der Waals surface area contributed by atoms with Crippen molar-refractivity contribution in [1.29, 1.82) is 0 Å². The summed E-state index contributed by atoms with van der Waals surface area (Å²) in [6.07, 6.45) is 1.22. The monoisotopic (exact) mass is 904 g/mol. The van der Waals surface area contributed by atoms with E-state index < -0.39 is 22.2 Å². The Bertz CT molecular complexity index is 2160. The average molecular weight is 906 g/mol. The molecular formula is C49H61ClN2O10S. The number of carbonyl (C=O) groups is 2. The molecule has 5 aromatic rings. The second-order valence-corrected chi connectivity index (χ2v) is 15.8. The maximum absolute atomic E-state index is 12.4. The minimum Gasteiger partial charge on any atom is -0.493 e. The van der Waals surface area contributed by atoms with Crippen LogP contribution >= 0.6 is 12.4 Å². The maximum atomic E-state index is 12.4. The maximum Gasteiger partial charge on any atom is 0.335 e. The number of nitrogen functional groups attached to an aromatic ring is 1. The summed E-state index contributed by atoms with van der Waals surface area (Å²) in [7, 11) is -3.48. The Morgan fingerprint density at radius 1 is 0.540 bits per heavy atom. The molecule has 14 heteroatoms. The van der Waals surface area contributed by atoms with E-state index in [0.29, 0.717) is 64.6 Å². The number of benzene rings is 5. The van der Waals surface area contributed by atoms with E-state index in [1.807, 2.05) is 117 Å². The van der Waals surface area contributed by atoms with E-state index in [0.717, 1.165) is 45.9 Å². The van der Waals surface area contributed by atoms with Gasteiger partial charge in [0.15, 0.2) is 12.2 Å². The second-order valence-electron chi connectivity index (χ2n) is 14.1. The molecule has 5 rings (SSSR count). The summed E-state index contributed by atoms with van der Waals surface area (Å²) < 4.78 is 60.2. The van der Waals surface area contributed by atoms with E-state index in [1.165, 1.54) is 5.56 Å². The van der Waals surface area contributed by atoms with Gasteiger partial charge in [0.1, 0.15) is 11.5 Å². The van der Waals surface area contributed by atoms with Crippen molar-refractivity contribution in [1.82, 2.24) is 0 Å². The van der Waals surface area contributed by atoms with Gasteiger partial charge in [0, 0.05) is 50.3 Å². The Kier molecular flexibility index (Phi) is 23.1. The molecule has 0 radical (unpaired) electrons. The first-order chi connectivity index (χ1) is 30.0. The van der Waals surface area contributed by atoms with E-state index >= 15 is 0 Å². The number of esters is 2. The largest absolute Gasteiger partial charge is 0.493 e. The molecule has 0 aromatic heterocycles. The average Bonchev–Trinajstić information content (AvgIpc) is 3.26. The molecule has 0 unspecified atom stereocenters. The van der Waals surface area contributed by atoms with Gasteiger partial charge in [0.2, 0.25) is 10.0 Å². The lowest BCUT2D eigenvalue weighted by molar-refractivity contribution is -0.157. The molecule has 340 valence electrons. The lowest BCUT2D eigenvalue weighted by atomic mass is 10.1. The molecule has 0 aliphatic rings. The highest BCUT2D eigenvalue weighted by Gasteiger charge is 2.21. The Morgan fingerprint density at radius 2 is 0.952 bits per heavy atom. The number of carbonyl (C=O) groups excluding carboxylic acids is 2. The third-order valence-electron chi connectivity index (χ3n) is 9.25. The summed E-state index contributed by atoms with van der Waals surface area (Å²) in [6.45, 7) is 9.92. The molecule has 0 aliphatic heterocycles. The summed E-state index contributed by atoms with van der Waals surface area (Å²) in [4.78, 5) is 24.0. The molecule has 0 bridgehead atoms. The van der Waals surface area contributed by atoms with Gasteiger partial charge in [-0.25, -0.2) is 18.0 Å². The molecule has 0 spiro atoms. The fourth-order valence-electron chi connectivity index (χ4n) is 6.17. The number of rotatable bonds is 24. The normalized spacial score (nSPS) is 11.7. The quantitative estimate of drug-likeness (QED) is 0.0451. The number of sulfonamides is 1. The molecule has 63 heavy (non-hydrogen) atoms. The number of hydrogen-bond donors (Lipinski definition) is 2. The van der Waals surface area contributed by atoms with Gasteiger partial charge in [-0.2, -0.15) is 0 Å². The highest BCUT2D eigenvalue weighted by Crippen LogP contribution is 2.19. The predicted octanol–water partition coefficient (Wildman–Crippen LogP) is 8.58. The first-order valence-electron chi connectivity index (χ1n) is 21.0. The molecule has 0 aliphatic carbocycles. The van der Waals surface area contributed by atoms with E-state index in [-0.39, 0.29) is 30.1 Å². The van der Waals surface area contributed by atoms with Crippen molar-refractivity contribution >= 4 is 45.7 Å². The van der Waals surface area contributed by atoms with Crippen molar-refractivity contribution in [3.63, 3.8) is 0 Å². The van der Waals surface area contributed by atoms with Crippen molar-refractivity contribution in [3.8, 4) is 11.5 Å². The molecular weight excluding hydrogens is 844 g/mol. The third-order valence-corrected chi connectivity index (χ3v) is 10.5. The zero-order chi connectivity index (χ0) is 44.6. The first kappa shape index (κ1) is 51.7. The Balaban J connectivity index is 0.000000347. The smallest absolute Gasteiger partial charge is 0.335 e. The highest BCUT2D eigenvalue weighted by molar-refractivity contribution is 7.91. The Morgan fingerprint density at radius 3 is 1.37 bits per heavy atom. The van der Waals surface area contributed by atoms with Crippen molar-refractivity contribution in [3.05, 3.63) is 155 Å². The van der Waals surface area contributed by atoms with E-state index in [2.05, 4.69) is 4.72 Å². The number of nitrogens with two attached hydrogens (primary N) is 1. The second kappa shape index (κ2) is 28.2. The van der Waals surface area contributed by atoms with Crippen molar-refractivity contribution < 1.29 is 46.4 Å². The summed E-state index contributed by atoms with van der Waals surface area (Å²) in [6, 6.07) is 39.4. The van der Waals surface area contributed by atoms with Crippen molar-refractivity contribution in [2.75, 3.05) is 50.1 Å². The molecule has 12 nitrogen and oxygen atoms in total. The zero-order valence-corrected chi connectivity index (χ0v) is 38.2. The lowest BCUT2D eigenvalue weighted by Crippen LogP contribution is -2.28. The van der Waals surface area contributed by atoms with Crippen LogP contribution in [0.5, 0.6) is 11.5 Å². The van der Waals surface area contributed by atoms with E-state index in [1.54, 1.807) is 38.1 Å². The van der Waals surface area contributed by atoms with Crippen LogP contribution < -0.4 is 19.9 Å². The number of halogens is 1. The molecule has 5 aromatic carbocycles. The molecule has 0 amide bonds. The van der Waals surface area contributed by atoms with Crippen LogP contribution in [0.2, 0.25) is 0 Å². The van der Waals surface area contributed by atoms with E-state index in [9.17, 15) is 18.0 Å². The van der Waals surface area contributed by atoms with Gasteiger partial charge in [0.25, 0.3) is 0 Å². The first-order valence-corrected chi connectivity index (χ1v) is 22.6. The molecule has 0 fully saturated rings. The minimum atomic E-state index is -3.48. The Labute approximate surface area is 378 Å². The van der Waals surface area contributed by atoms with Gasteiger partial charge < -0.3 is 34.2 Å². The van der Waals surface area contributed by atoms with Gasteiger partial charge in [-0.05, 0) is 104 Å². The molecule has 0 heterocycles. The molecule has 3 N–H and O–H groups in total. The fourth-order valence-corrected chi connectivity index (χ4v) is 7.37. The van der Waals surface area contributed by atoms with Crippen LogP contribution in [0.25, 0.3) is 0 Å². The third kappa shape index (κ3) is 19.5. The lowest BCUT2D eigenvalue weighted by Gasteiger charge is -2.16. The number of ether oxygens (including phenoxy) is 6. The summed E-state index contributed by atoms with van der Waals surface area (Å²) >= 11 is 0. The zero-order valence-electron chi connectivity index (χ0n) is 36.5. The molecule has 0 saturated carbocycles. The van der Waals surface area contributed by atoms with Gasteiger partial charge in [0.05, 0.1) is 32.2 Å². The van der Waals surface area contributed by atoms with Crippen LogP contribution in [0.3, 0.4) is 0 Å². The summed E-state index contributed by atoms with van der Waals surface area (Å²) in [5, 5.41) is 0. The standard InChI is InChI=1S/C28H33NO6S.C21H27NO4.ClH/c1-3-33-27(28(30)34-4-2)20-23-12-16-26(17-13-23)35-19-18-22-10-14-25(15-11-22)29-36(31,32)21-24-8-6-5-7-9-24;1-3-24-20(21(23)25-4-2)15-17-7-11-19(12-8-17)26-14-13-16-5-9-18(22)10-6-16;/h5-17,27,29H,3-4,18-21H2,1-2H3;5-12,20H,3-4,13-15,22H2,1-2H3;1H/t27-;20-;/m00./s1. The SMILES string of the molecule is CCOC(=O)[C@H](Cc1ccc(OCCc2ccc(N)cc2)cc1)OCC.CCOC(=O)[C@H](Cc1ccc(OCCc2ccc(NS(=O)(=O)Cc3ccccc3)cc2)cc1)OCC.Cl. The van der Waals surface area contributed by atoms with Crippen LogP contribution in [0.4, 0.5) is 11.4 Å². The number of hydrogen-bond acceptors (Lipinski definition) is 11. The summed E-state index contributed by atoms with van der Waals surface area (Å²) in [5.74, 6) is 0.784. The van der Waals surface area contributed by atoms with Crippen LogP contribution in [-0.4, -0.2) is 72.2 Å². The minimum absolute atomic E-state index is 0.